The van der Waals surface area contributed by atoms with E-state index in [4.69, 9.17) is 5.26 Å². The molecule has 0 unspecified atom stereocenters. The molecule has 0 saturated carbocycles. The summed E-state index contributed by atoms with van der Waals surface area (Å²) >= 11 is 0. The van der Waals surface area contributed by atoms with Crippen LogP contribution in [0.1, 0.15) is 12.5 Å². The van der Waals surface area contributed by atoms with Gasteiger partial charge in [-0.05, 0) is 18.6 Å². The molecule has 1 amide bonds. The lowest BCUT2D eigenvalue weighted by Gasteiger charge is -2.04. The zero-order valence-electron chi connectivity index (χ0n) is 9.60. The highest BCUT2D eigenvalue weighted by Crippen LogP contribution is 1.96. The molecule has 0 radical (unpaired) electrons. The standard InChI is InChI=1S/C12H14N4O/c1-2-14-9-11(6-13)12(17)16-8-10-4-3-5-15-7-10/h3-5,7,9,14H,2,8H2,1H3,(H,16,17)/b11-9-. The molecular weight excluding hydrogens is 216 g/mol. The SMILES string of the molecule is CCN/C=C(/C#N)C(=O)NCc1cccnc1. The van der Waals surface area contributed by atoms with Crippen molar-refractivity contribution in [3.05, 3.63) is 41.9 Å². The molecule has 0 aliphatic rings. The molecule has 0 atom stereocenters. The fourth-order valence-corrected chi connectivity index (χ4v) is 1.13. The van der Waals surface area contributed by atoms with Gasteiger partial charge in [0.2, 0.25) is 0 Å². The zero-order valence-corrected chi connectivity index (χ0v) is 9.60. The van der Waals surface area contributed by atoms with E-state index in [2.05, 4.69) is 15.6 Å². The predicted molar refractivity (Wildman–Crippen MR) is 63.5 cm³/mol. The van der Waals surface area contributed by atoms with Crippen molar-refractivity contribution in [2.24, 2.45) is 0 Å². The van der Waals surface area contributed by atoms with Crippen molar-refractivity contribution < 1.29 is 4.79 Å². The first-order valence-electron chi connectivity index (χ1n) is 5.28. The number of nitrogens with one attached hydrogen (secondary N) is 2. The highest BCUT2D eigenvalue weighted by Gasteiger charge is 2.07. The third kappa shape index (κ3) is 4.34. The van der Waals surface area contributed by atoms with Crippen LogP contribution in [0, 0.1) is 11.3 Å². The Morgan fingerprint density at radius 1 is 1.65 bits per heavy atom. The molecule has 2 N–H and O–H groups in total. The first-order chi connectivity index (χ1) is 8.27. The van der Waals surface area contributed by atoms with E-state index < -0.39 is 5.91 Å². The van der Waals surface area contributed by atoms with Gasteiger partial charge in [0.1, 0.15) is 11.6 Å². The number of amides is 1. The fraction of sp³-hybridized carbons (Fsp3) is 0.250. The molecule has 0 spiro atoms. The monoisotopic (exact) mass is 230 g/mol. The summed E-state index contributed by atoms with van der Waals surface area (Å²) in [6.07, 6.45) is 4.75. The summed E-state index contributed by atoms with van der Waals surface area (Å²) in [7, 11) is 0. The Morgan fingerprint density at radius 3 is 3.06 bits per heavy atom. The van der Waals surface area contributed by atoms with Crippen molar-refractivity contribution in [3.63, 3.8) is 0 Å². The Hall–Kier alpha value is -2.35. The largest absolute Gasteiger partial charge is 0.390 e. The quantitative estimate of drug-likeness (QED) is 0.577. The van der Waals surface area contributed by atoms with Gasteiger partial charge in [0.25, 0.3) is 5.91 Å². The van der Waals surface area contributed by atoms with Gasteiger partial charge in [0, 0.05) is 31.7 Å². The molecule has 5 heteroatoms. The van der Waals surface area contributed by atoms with Crippen molar-refractivity contribution >= 4 is 5.91 Å². The Balaban J connectivity index is 2.52. The summed E-state index contributed by atoms with van der Waals surface area (Å²) in [5.41, 5.74) is 0.956. The summed E-state index contributed by atoms with van der Waals surface area (Å²) < 4.78 is 0. The van der Waals surface area contributed by atoms with E-state index in [1.165, 1.54) is 6.20 Å². The van der Waals surface area contributed by atoms with E-state index in [0.29, 0.717) is 13.1 Å². The molecule has 0 aromatic carbocycles. The van der Waals surface area contributed by atoms with E-state index in [1.54, 1.807) is 18.5 Å². The number of carbonyl (C=O) groups is 1. The number of nitriles is 1. The molecule has 0 saturated heterocycles. The van der Waals surface area contributed by atoms with Gasteiger partial charge in [-0.3, -0.25) is 9.78 Å². The molecule has 0 aliphatic carbocycles. The second-order valence-electron chi connectivity index (χ2n) is 3.27. The van der Waals surface area contributed by atoms with Gasteiger partial charge in [0.15, 0.2) is 0 Å². The molecular formula is C12H14N4O. The second kappa shape index (κ2) is 7.01. The van der Waals surface area contributed by atoms with Crippen molar-refractivity contribution in [1.82, 2.24) is 15.6 Å². The van der Waals surface area contributed by atoms with Gasteiger partial charge >= 0.3 is 0 Å². The summed E-state index contributed by atoms with van der Waals surface area (Å²) in [5.74, 6) is -0.391. The van der Waals surface area contributed by atoms with Crippen LogP contribution in [0.5, 0.6) is 0 Å². The second-order valence-corrected chi connectivity index (χ2v) is 3.27. The van der Waals surface area contributed by atoms with Crippen LogP contribution in [-0.4, -0.2) is 17.4 Å². The maximum atomic E-state index is 11.6. The van der Waals surface area contributed by atoms with Gasteiger partial charge in [-0.2, -0.15) is 5.26 Å². The van der Waals surface area contributed by atoms with Crippen molar-refractivity contribution in [2.75, 3.05) is 6.54 Å². The summed E-state index contributed by atoms with van der Waals surface area (Å²) in [4.78, 5) is 15.5. The Kier molecular flexibility index (Phi) is 5.25. The number of rotatable bonds is 5. The number of aromatic nitrogens is 1. The average Bonchev–Trinajstić information content (AvgIpc) is 2.38. The molecule has 0 bridgehead atoms. The normalized spacial score (nSPS) is 10.5. The molecule has 0 fully saturated rings. The third-order valence-electron chi connectivity index (χ3n) is 1.99. The number of nitrogens with zero attached hydrogens (tertiary/aromatic N) is 2. The summed E-state index contributed by atoms with van der Waals surface area (Å²) in [5, 5.41) is 14.3. The highest BCUT2D eigenvalue weighted by atomic mass is 16.1. The summed E-state index contributed by atoms with van der Waals surface area (Å²) in [6.45, 7) is 2.91. The molecule has 88 valence electrons. The van der Waals surface area contributed by atoms with E-state index in [1.807, 2.05) is 19.1 Å². The highest BCUT2D eigenvalue weighted by molar-refractivity contribution is 5.97. The lowest BCUT2D eigenvalue weighted by molar-refractivity contribution is -0.117. The maximum Gasteiger partial charge on any atom is 0.263 e. The van der Waals surface area contributed by atoms with Crippen LogP contribution in [0.4, 0.5) is 0 Å². The molecule has 0 aliphatic heterocycles. The number of hydrogen-bond acceptors (Lipinski definition) is 4. The van der Waals surface area contributed by atoms with Crippen LogP contribution in [0.2, 0.25) is 0 Å². The van der Waals surface area contributed by atoms with E-state index in [0.717, 1.165) is 5.56 Å². The van der Waals surface area contributed by atoms with Crippen LogP contribution in [0.15, 0.2) is 36.3 Å². The van der Waals surface area contributed by atoms with Gasteiger partial charge < -0.3 is 10.6 Å². The minimum Gasteiger partial charge on any atom is -0.390 e. The minimum absolute atomic E-state index is 0.0655. The van der Waals surface area contributed by atoms with Gasteiger partial charge in [0.05, 0.1) is 0 Å². The summed E-state index contributed by atoms with van der Waals surface area (Å²) in [6, 6.07) is 5.49. The Labute approximate surface area is 100 Å². The van der Waals surface area contributed by atoms with Crippen LogP contribution < -0.4 is 10.6 Å². The van der Waals surface area contributed by atoms with Crippen LogP contribution in [0.25, 0.3) is 0 Å². The van der Waals surface area contributed by atoms with E-state index >= 15 is 0 Å². The maximum absolute atomic E-state index is 11.6. The smallest absolute Gasteiger partial charge is 0.263 e. The molecule has 1 heterocycles. The van der Waals surface area contributed by atoms with Crippen molar-refractivity contribution in [3.8, 4) is 6.07 Å². The lowest BCUT2D eigenvalue weighted by Crippen LogP contribution is -2.25. The van der Waals surface area contributed by atoms with Gasteiger partial charge in [-0.1, -0.05) is 6.07 Å². The van der Waals surface area contributed by atoms with Crippen LogP contribution in [0.3, 0.4) is 0 Å². The molecule has 1 rings (SSSR count). The minimum atomic E-state index is -0.391. The topological polar surface area (TPSA) is 77.8 Å². The van der Waals surface area contributed by atoms with Crippen LogP contribution in [-0.2, 0) is 11.3 Å². The number of carbonyl (C=O) groups excluding carboxylic acids is 1. The molecule has 5 nitrogen and oxygen atoms in total. The average molecular weight is 230 g/mol. The molecule has 17 heavy (non-hydrogen) atoms. The lowest BCUT2D eigenvalue weighted by atomic mass is 10.2. The first kappa shape index (κ1) is 12.7. The predicted octanol–water partition coefficient (Wildman–Crippen LogP) is 0.715. The molecule has 1 aromatic rings. The number of pyridine rings is 1. The molecule has 1 aromatic heterocycles. The Bertz CT molecular complexity index is 434. The third-order valence-corrected chi connectivity index (χ3v) is 1.99. The van der Waals surface area contributed by atoms with Crippen molar-refractivity contribution in [1.29, 1.82) is 5.26 Å². The number of hydrogen-bond donors (Lipinski definition) is 2. The van der Waals surface area contributed by atoms with Gasteiger partial charge in [-0.25, -0.2) is 0 Å². The van der Waals surface area contributed by atoms with Gasteiger partial charge in [-0.15, -0.1) is 0 Å². The zero-order chi connectivity index (χ0) is 12.5. The Morgan fingerprint density at radius 2 is 2.47 bits per heavy atom. The van der Waals surface area contributed by atoms with E-state index in [9.17, 15) is 4.79 Å². The van der Waals surface area contributed by atoms with Crippen LogP contribution >= 0.6 is 0 Å². The van der Waals surface area contributed by atoms with Crippen molar-refractivity contribution in [2.45, 2.75) is 13.5 Å². The first-order valence-corrected chi connectivity index (χ1v) is 5.28. The fourth-order valence-electron chi connectivity index (χ4n) is 1.13. The van der Waals surface area contributed by atoms with E-state index in [-0.39, 0.29) is 5.57 Å².